The van der Waals surface area contributed by atoms with Crippen molar-refractivity contribution in [2.45, 2.75) is 57.0 Å². The Morgan fingerprint density at radius 1 is 0.955 bits per heavy atom. The summed E-state index contributed by atoms with van der Waals surface area (Å²) in [5.41, 5.74) is 0.0203. The van der Waals surface area contributed by atoms with Gasteiger partial charge in [-0.2, -0.15) is 0 Å². The first-order chi connectivity index (χ1) is 10.1. The van der Waals surface area contributed by atoms with Crippen LogP contribution in [-0.2, 0) is 9.53 Å². The third-order valence-corrected chi connectivity index (χ3v) is 4.37. The van der Waals surface area contributed by atoms with Crippen LogP contribution >= 0.6 is 0 Å². The zero-order valence-corrected chi connectivity index (χ0v) is 13.2. The highest BCUT2D eigenvalue weighted by atomic mass is 16.6. The van der Waals surface area contributed by atoms with Crippen LogP contribution in [0, 0.1) is 0 Å². The minimum Gasteiger partial charge on any atom is -0.387 e. The number of hydrogen-bond donors (Lipinski definition) is 4. The van der Waals surface area contributed by atoms with Gasteiger partial charge in [0.05, 0.1) is 0 Å². The van der Waals surface area contributed by atoms with Crippen LogP contribution in [0.15, 0.2) is 0 Å². The van der Waals surface area contributed by atoms with Gasteiger partial charge in [0.15, 0.2) is 12.4 Å². The highest BCUT2D eigenvalue weighted by molar-refractivity contribution is 5.82. The van der Waals surface area contributed by atoms with E-state index in [0.29, 0.717) is 26.2 Å². The molecule has 128 valence electrons. The predicted molar refractivity (Wildman–Crippen MR) is 76.8 cm³/mol. The Hall–Kier alpha value is -0.770. The molecule has 0 spiro atoms. The molecule has 0 aliphatic carbocycles. The molecule has 1 unspecified atom stereocenters. The van der Waals surface area contributed by atoms with Crippen molar-refractivity contribution < 1.29 is 30.0 Å². The molecule has 2 aliphatic heterocycles. The van der Waals surface area contributed by atoms with Gasteiger partial charge in [-0.3, -0.25) is 9.69 Å². The van der Waals surface area contributed by atoms with Crippen LogP contribution in [0.3, 0.4) is 0 Å². The van der Waals surface area contributed by atoms with E-state index < -0.39 is 36.6 Å². The van der Waals surface area contributed by atoms with E-state index in [0.717, 1.165) is 0 Å². The van der Waals surface area contributed by atoms with Gasteiger partial charge in [0.25, 0.3) is 5.91 Å². The number of carbonyl (C=O) groups is 1. The average Bonchev–Trinajstić information content (AvgIpc) is 2.47. The van der Waals surface area contributed by atoms with Gasteiger partial charge in [0.1, 0.15) is 18.3 Å². The fraction of sp³-hybridized carbons (Fsp3) is 0.929. The second kappa shape index (κ2) is 6.38. The van der Waals surface area contributed by atoms with E-state index in [-0.39, 0.29) is 5.54 Å². The minimum absolute atomic E-state index is 0.0203. The van der Waals surface area contributed by atoms with Crippen LogP contribution in [0.1, 0.15) is 20.8 Å². The predicted octanol–water partition coefficient (Wildman–Crippen LogP) is -2.27. The molecule has 2 aliphatic rings. The standard InChI is InChI=1S/C14H26N2O6/c1-14(2,3)16-6-4-15(5-7-16)12(20)11-9(18)8(17)10(19)13(21)22-11/h8-11,13,17-19,21H,4-7H2,1-3H3/t8-,9-,10+,11-,13?/m0/s1. The van der Waals surface area contributed by atoms with Crippen molar-refractivity contribution in [2.24, 2.45) is 0 Å². The van der Waals surface area contributed by atoms with Gasteiger partial charge in [-0.25, -0.2) is 0 Å². The highest BCUT2D eigenvalue weighted by Gasteiger charge is 2.47. The topological polar surface area (TPSA) is 114 Å². The van der Waals surface area contributed by atoms with Crippen molar-refractivity contribution in [3.8, 4) is 0 Å². The maximum atomic E-state index is 12.4. The first-order valence-electron chi connectivity index (χ1n) is 7.54. The van der Waals surface area contributed by atoms with Gasteiger partial charge < -0.3 is 30.1 Å². The number of rotatable bonds is 1. The number of ether oxygens (including phenoxy) is 1. The summed E-state index contributed by atoms with van der Waals surface area (Å²) < 4.78 is 4.98. The first-order valence-corrected chi connectivity index (χ1v) is 7.54. The lowest BCUT2D eigenvalue weighted by Crippen LogP contribution is -2.63. The van der Waals surface area contributed by atoms with Crippen molar-refractivity contribution in [3.05, 3.63) is 0 Å². The highest BCUT2D eigenvalue weighted by Crippen LogP contribution is 2.23. The molecule has 0 aromatic carbocycles. The molecule has 0 radical (unpaired) electrons. The number of hydrogen-bond acceptors (Lipinski definition) is 7. The molecule has 8 heteroatoms. The molecule has 2 rings (SSSR count). The zero-order valence-electron chi connectivity index (χ0n) is 13.2. The Morgan fingerprint density at radius 2 is 1.50 bits per heavy atom. The van der Waals surface area contributed by atoms with E-state index in [9.17, 15) is 25.2 Å². The minimum atomic E-state index is -1.69. The maximum absolute atomic E-state index is 12.4. The molecule has 4 N–H and O–H groups in total. The first kappa shape index (κ1) is 17.6. The van der Waals surface area contributed by atoms with E-state index in [4.69, 9.17) is 4.74 Å². The van der Waals surface area contributed by atoms with Gasteiger partial charge in [-0.05, 0) is 20.8 Å². The van der Waals surface area contributed by atoms with E-state index in [2.05, 4.69) is 25.7 Å². The Labute approximate surface area is 129 Å². The SMILES string of the molecule is CC(C)(C)N1CCN(C(=O)[C@H]2OC(O)[C@H](O)[C@@H](O)[C@@H]2O)CC1. The quantitative estimate of drug-likeness (QED) is 0.431. The average molecular weight is 318 g/mol. The van der Waals surface area contributed by atoms with Crippen molar-refractivity contribution in [3.63, 3.8) is 0 Å². The summed E-state index contributed by atoms with van der Waals surface area (Å²) in [6.07, 6.45) is -7.87. The fourth-order valence-corrected chi connectivity index (χ4v) is 2.84. The Morgan fingerprint density at radius 3 is 2.00 bits per heavy atom. The van der Waals surface area contributed by atoms with Crippen molar-refractivity contribution in [1.29, 1.82) is 0 Å². The van der Waals surface area contributed by atoms with Gasteiger partial charge in [-0.1, -0.05) is 0 Å². The summed E-state index contributed by atoms with van der Waals surface area (Å²) in [4.78, 5) is 16.2. The molecule has 8 nitrogen and oxygen atoms in total. The van der Waals surface area contributed by atoms with Crippen LogP contribution < -0.4 is 0 Å². The number of nitrogens with zero attached hydrogens (tertiary/aromatic N) is 2. The second-order valence-electron chi connectivity index (χ2n) is 6.90. The van der Waals surface area contributed by atoms with E-state index in [1.54, 1.807) is 4.90 Å². The molecule has 5 atom stereocenters. The van der Waals surface area contributed by atoms with Gasteiger partial charge in [-0.15, -0.1) is 0 Å². The molecule has 22 heavy (non-hydrogen) atoms. The maximum Gasteiger partial charge on any atom is 0.254 e. The summed E-state index contributed by atoms with van der Waals surface area (Å²) in [5.74, 6) is -0.481. The lowest BCUT2D eigenvalue weighted by molar-refractivity contribution is -0.278. The lowest BCUT2D eigenvalue weighted by Gasteiger charge is -2.44. The Kier molecular flexibility index (Phi) is 5.10. The third kappa shape index (κ3) is 3.42. The molecule has 2 heterocycles. The number of carbonyl (C=O) groups excluding carboxylic acids is 1. The summed E-state index contributed by atoms with van der Waals surface area (Å²) in [6, 6.07) is 0. The van der Waals surface area contributed by atoms with Gasteiger partial charge >= 0.3 is 0 Å². The Bertz CT molecular complexity index is 405. The largest absolute Gasteiger partial charge is 0.387 e. The van der Waals surface area contributed by atoms with Crippen LogP contribution in [0.2, 0.25) is 0 Å². The summed E-state index contributed by atoms with van der Waals surface area (Å²) in [7, 11) is 0. The smallest absolute Gasteiger partial charge is 0.254 e. The summed E-state index contributed by atoms with van der Waals surface area (Å²) in [5, 5.41) is 38.5. The number of amides is 1. The molecule has 0 aromatic rings. The summed E-state index contributed by atoms with van der Waals surface area (Å²) >= 11 is 0. The van der Waals surface area contributed by atoms with E-state index in [1.165, 1.54) is 0 Å². The van der Waals surface area contributed by atoms with E-state index in [1.807, 2.05) is 0 Å². The van der Waals surface area contributed by atoms with Gasteiger partial charge in [0, 0.05) is 31.7 Å². The van der Waals surface area contributed by atoms with Gasteiger partial charge in [0.2, 0.25) is 0 Å². The molecule has 0 bridgehead atoms. The van der Waals surface area contributed by atoms with Crippen LogP contribution in [0.4, 0.5) is 0 Å². The lowest BCUT2D eigenvalue weighted by atomic mass is 9.97. The van der Waals surface area contributed by atoms with Crippen molar-refractivity contribution >= 4 is 5.91 Å². The number of piperazine rings is 1. The molecule has 2 saturated heterocycles. The molecule has 0 aromatic heterocycles. The number of aliphatic hydroxyl groups excluding tert-OH is 4. The Balaban J connectivity index is 1.98. The molecule has 1 amide bonds. The molecular formula is C14H26N2O6. The van der Waals surface area contributed by atoms with E-state index >= 15 is 0 Å². The summed E-state index contributed by atoms with van der Waals surface area (Å²) in [6.45, 7) is 8.68. The zero-order chi connectivity index (χ0) is 16.7. The fourth-order valence-electron chi connectivity index (χ4n) is 2.84. The van der Waals surface area contributed by atoms with Crippen molar-refractivity contribution in [1.82, 2.24) is 9.80 Å². The van der Waals surface area contributed by atoms with Crippen LogP contribution in [0.5, 0.6) is 0 Å². The van der Waals surface area contributed by atoms with Crippen LogP contribution in [0.25, 0.3) is 0 Å². The molecule has 2 fully saturated rings. The number of aliphatic hydroxyl groups is 4. The van der Waals surface area contributed by atoms with Crippen molar-refractivity contribution in [2.75, 3.05) is 26.2 Å². The monoisotopic (exact) mass is 318 g/mol. The second-order valence-corrected chi connectivity index (χ2v) is 6.90. The normalized spacial score (nSPS) is 38.1. The van der Waals surface area contributed by atoms with Crippen LogP contribution in [-0.4, -0.2) is 98.6 Å². The third-order valence-electron chi connectivity index (χ3n) is 4.37. The molecule has 0 saturated carbocycles. The molecular weight excluding hydrogens is 292 g/mol.